The Labute approximate surface area is 196 Å². The fourth-order valence-electron chi connectivity index (χ4n) is 4.28. The van der Waals surface area contributed by atoms with Gasteiger partial charge in [-0.15, -0.1) is 0 Å². The van der Waals surface area contributed by atoms with Gasteiger partial charge in [-0.05, 0) is 37.6 Å². The zero-order valence-corrected chi connectivity index (χ0v) is 18.9. The molecule has 1 unspecified atom stereocenters. The molecule has 2 N–H and O–H groups in total. The number of hydrogen-bond acceptors (Lipinski definition) is 8. The van der Waals surface area contributed by atoms with Crippen molar-refractivity contribution in [1.82, 2.24) is 15.3 Å². The predicted octanol–water partition coefficient (Wildman–Crippen LogP) is 4.17. The first-order valence-corrected chi connectivity index (χ1v) is 11.1. The van der Waals surface area contributed by atoms with E-state index in [9.17, 15) is 9.59 Å². The third kappa shape index (κ3) is 4.21. The molecule has 8 nitrogen and oxygen atoms in total. The molecule has 5 rings (SSSR count). The molecule has 0 saturated carbocycles. The number of ether oxygens (including phenoxy) is 1. The summed E-state index contributed by atoms with van der Waals surface area (Å²) in [5, 5.41) is 7.10. The molecule has 1 aliphatic heterocycles. The molecule has 8 heteroatoms. The minimum atomic E-state index is -0.667. The van der Waals surface area contributed by atoms with Crippen LogP contribution in [0.2, 0.25) is 0 Å². The van der Waals surface area contributed by atoms with Crippen LogP contribution in [0.4, 0.5) is 11.6 Å². The highest BCUT2D eigenvalue weighted by Crippen LogP contribution is 2.31. The maximum Gasteiger partial charge on any atom is 0.347 e. The van der Waals surface area contributed by atoms with Crippen LogP contribution < -0.4 is 16.3 Å². The third-order valence-electron chi connectivity index (χ3n) is 5.88. The molecule has 1 saturated heterocycles. The van der Waals surface area contributed by atoms with Gasteiger partial charge in [-0.1, -0.05) is 24.3 Å². The molecular weight excluding hydrogens is 432 g/mol. The average Bonchev–Trinajstić information content (AvgIpc) is 2.84. The van der Waals surface area contributed by atoms with Gasteiger partial charge in [-0.3, -0.25) is 4.79 Å². The lowest BCUT2D eigenvalue weighted by Gasteiger charge is -2.26. The Hall–Kier alpha value is -3.88. The molecule has 0 radical (unpaired) electrons. The van der Waals surface area contributed by atoms with Crippen LogP contribution in [0, 0.1) is 6.92 Å². The van der Waals surface area contributed by atoms with E-state index in [0.717, 1.165) is 23.4 Å². The highest BCUT2D eigenvalue weighted by Gasteiger charge is 2.27. The monoisotopic (exact) mass is 456 g/mol. The third-order valence-corrected chi connectivity index (χ3v) is 5.88. The van der Waals surface area contributed by atoms with E-state index in [0.29, 0.717) is 41.3 Å². The number of anilines is 2. The topological polar surface area (TPSA) is 106 Å². The summed E-state index contributed by atoms with van der Waals surface area (Å²) in [7, 11) is 0. The number of benzene rings is 2. The summed E-state index contributed by atoms with van der Waals surface area (Å²) in [6.45, 7) is 5.14. The summed E-state index contributed by atoms with van der Waals surface area (Å²) in [4.78, 5) is 34.0. The molecule has 1 atom stereocenters. The maximum absolute atomic E-state index is 12.7. The number of Topliss-reactive ketones (excluding diaryl/α,β-unsaturated/α-hetero) is 1. The lowest BCUT2D eigenvalue weighted by atomic mass is 9.96. The first-order valence-electron chi connectivity index (χ1n) is 11.1. The minimum absolute atomic E-state index is 0.0381. The Morgan fingerprint density at radius 1 is 1.18 bits per heavy atom. The van der Waals surface area contributed by atoms with E-state index in [2.05, 4.69) is 20.6 Å². The van der Waals surface area contributed by atoms with Gasteiger partial charge in [-0.2, -0.15) is 0 Å². The molecule has 0 bridgehead atoms. The molecule has 1 fully saturated rings. The number of nitrogens with one attached hydrogen (secondary N) is 2. The van der Waals surface area contributed by atoms with E-state index in [-0.39, 0.29) is 11.3 Å². The molecule has 2 aromatic carbocycles. The fourth-order valence-corrected chi connectivity index (χ4v) is 4.28. The van der Waals surface area contributed by atoms with E-state index in [1.807, 2.05) is 49.4 Å². The lowest BCUT2D eigenvalue weighted by molar-refractivity contribution is 0.0277. The summed E-state index contributed by atoms with van der Waals surface area (Å²) in [6.07, 6.45) is 1.29. The van der Waals surface area contributed by atoms with Gasteiger partial charge in [0.2, 0.25) is 5.95 Å². The quantitative estimate of drug-likeness (QED) is 0.341. The Bertz CT molecular complexity index is 1440. The zero-order chi connectivity index (χ0) is 23.7. The van der Waals surface area contributed by atoms with E-state index in [1.165, 1.54) is 6.92 Å². The number of nitrogens with zero attached hydrogens (tertiary/aromatic N) is 2. The molecule has 172 valence electrons. The SMILES string of the molecule is CC(=O)c1c(C2CNCCO2)c2ccc(Nc3nccc(-c4ccccc4C)n3)cc2oc1=O. The largest absolute Gasteiger partial charge is 0.422 e. The predicted molar refractivity (Wildman–Crippen MR) is 130 cm³/mol. The van der Waals surface area contributed by atoms with E-state index < -0.39 is 11.7 Å². The minimum Gasteiger partial charge on any atom is -0.422 e. The smallest absolute Gasteiger partial charge is 0.347 e. The van der Waals surface area contributed by atoms with Crippen molar-refractivity contribution in [2.45, 2.75) is 20.0 Å². The number of aromatic nitrogens is 2. The number of ketones is 1. The molecule has 0 amide bonds. The lowest BCUT2D eigenvalue weighted by Crippen LogP contribution is -2.35. The van der Waals surface area contributed by atoms with Crippen LogP contribution >= 0.6 is 0 Å². The van der Waals surface area contributed by atoms with Gasteiger partial charge >= 0.3 is 5.63 Å². The van der Waals surface area contributed by atoms with Gasteiger partial charge in [0.25, 0.3) is 0 Å². The highest BCUT2D eigenvalue weighted by atomic mass is 16.5. The number of carbonyl (C=O) groups is 1. The number of rotatable bonds is 5. The average molecular weight is 457 g/mol. The first-order chi connectivity index (χ1) is 16.5. The number of morpholine rings is 1. The summed E-state index contributed by atoms with van der Waals surface area (Å²) < 4.78 is 11.4. The Balaban J connectivity index is 1.54. The van der Waals surface area contributed by atoms with Gasteiger partial charge in [-0.25, -0.2) is 14.8 Å². The Kier molecular flexibility index (Phi) is 5.91. The van der Waals surface area contributed by atoms with Crippen molar-refractivity contribution in [1.29, 1.82) is 0 Å². The van der Waals surface area contributed by atoms with Gasteiger partial charge < -0.3 is 19.8 Å². The number of aryl methyl sites for hydroxylation is 1. The molecule has 0 spiro atoms. The van der Waals surface area contributed by atoms with Gasteiger partial charge in [0, 0.05) is 47.6 Å². The highest BCUT2D eigenvalue weighted by molar-refractivity contribution is 6.00. The van der Waals surface area contributed by atoms with E-state index >= 15 is 0 Å². The van der Waals surface area contributed by atoms with Crippen molar-refractivity contribution >= 4 is 28.4 Å². The van der Waals surface area contributed by atoms with Crippen LogP contribution in [0.3, 0.4) is 0 Å². The second-order valence-corrected chi connectivity index (χ2v) is 8.21. The van der Waals surface area contributed by atoms with Crippen LogP contribution in [0.5, 0.6) is 0 Å². The van der Waals surface area contributed by atoms with Gasteiger partial charge in [0.15, 0.2) is 5.78 Å². The second kappa shape index (κ2) is 9.17. The van der Waals surface area contributed by atoms with Crippen molar-refractivity contribution in [2.24, 2.45) is 0 Å². The Morgan fingerprint density at radius 2 is 2.03 bits per heavy atom. The summed E-state index contributed by atoms with van der Waals surface area (Å²) in [5.74, 6) is 0.0753. The summed E-state index contributed by atoms with van der Waals surface area (Å²) in [5.41, 5.74) is 3.90. The Morgan fingerprint density at radius 3 is 2.79 bits per heavy atom. The number of carbonyl (C=O) groups excluding carboxylic acids is 1. The first kappa shape index (κ1) is 21.9. The normalized spacial score (nSPS) is 15.9. The van der Waals surface area contributed by atoms with Gasteiger partial charge in [0.1, 0.15) is 11.1 Å². The molecule has 2 aromatic heterocycles. The molecular formula is C26H24N4O4. The van der Waals surface area contributed by atoms with Crippen LogP contribution in [-0.4, -0.2) is 35.4 Å². The van der Waals surface area contributed by atoms with Crippen molar-refractivity contribution in [3.63, 3.8) is 0 Å². The molecule has 3 heterocycles. The fraction of sp³-hybridized carbons (Fsp3) is 0.231. The van der Waals surface area contributed by atoms with E-state index in [1.54, 1.807) is 12.3 Å². The maximum atomic E-state index is 12.7. The van der Waals surface area contributed by atoms with E-state index in [4.69, 9.17) is 9.15 Å². The van der Waals surface area contributed by atoms with Crippen LogP contribution in [0.25, 0.3) is 22.2 Å². The second-order valence-electron chi connectivity index (χ2n) is 8.21. The van der Waals surface area contributed by atoms with Crippen molar-refractivity contribution < 1.29 is 13.9 Å². The molecule has 34 heavy (non-hydrogen) atoms. The molecule has 1 aliphatic rings. The number of hydrogen-bond donors (Lipinski definition) is 2. The summed E-state index contributed by atoms with van der Waals surface area (Å²) >= 11 is 0. The van der Waals surface area contributed by atoms with Crippen molar-refractivity contribution in [2.75, 3.05) is 25.0 Å². The van der Waals surface area contributed by atoms with Crippen LogP contribution in [0.15, 0.2) is 63.9 Å². The van der Waals surface area contributed by atoms with Gasteiger partial charge in [0.05, 0.1) is 18.4 Å². The molecule has 0 aliphatic carbocycles. The van der Waals surface area contributed by atoms with Crippen LogP contribution in [0.1, 0.15) is 34.5 Å². The zero-order valence-electron chi connectivity index (χ0n) is 18.9. The van der Waals surface area contributed by atoms with Crippen molar-refractivity contribution in [3.8, 4) is 11.3 Å². The standard InChI is InChI=1S/C26H24N4O4/c1-15-5-3-4-6-18(15)20-9-10-28-26(30-20)29-17-7-8-19-21(13-17)34-25(32)23(16(2)31)24(19)22-14-27-11-12-33-22/h3-10,13,22,27H,11-12,14H2,1-2H3,(H,28,29,30). The molecule has 4 aromatic rings. The number of fused-ring (bicyclic) bond motifs is 1. The van der Waals surface area contributed by atoms with Crippen molar-refractivity contribution in [3.05, 3.63) is 81.8 Å². The summed E-state index contributed by atoms with van der Waals surface area (Å²) in [6, 6.07) is 15.3. The van der Waals surface area contributed by atoms with Crippen LogP contribution in [-0.2, 0) is 4.74 Å².